The molecule has 0 radical (unpaired) electrons. The van der Waals surface area contributed by atoms with Gasteiger partial charge in [-0.2, -0.15) is 0 Å². The van der Waals surface area contributed by atoms with Gasteiger partial charge in [0, 0.05) is 6.04 Å². The lowest BCUT2D eigenvalue weighted by Crippen LogP contribution is -2.39. The molecule has 2 rings (SSSR count). The first kappa shape index (κ1) is 12.6. The summed E-state index contributed by atoms with van der Waals surface area (Å²) >= 11 is 0. The van der Waals surface area contributed by atoms with Crippen LogP contribution in [0.25, 0.3) is 0 Å². The normalized spacial score (nSPS) is 24.9. The van der Waals surface area contributed by atoms with Crippen LogP contribution in [0.3, 0.4) is 0 Å². The lowest BCUT2D eigenvalue weighted by Gasteiger charge is -2.30. The van der Waals surface area contributed by atoms with Crippen molar-refractivity contribution in [1.82, 2.24) is 5.32 Å². The van der Waals surface area contributed by atoms with Crippen molar-refractivity contribution in [3.05, 3.63) is 35.1 Å². The Kier molecular flexibility index (Phi) is 4.16. The second-order valence-electron chi connectivity index (χ2n) is 5.22. The molecular formula is C15H22FN. The second kappa shape index (κ2) is 5.63. The van der Waals surface area contributed by atoms with Gasteiger partial charge in [-0.3, -0.25) is 0 Å². The zero-order valence-electron chi connectivity index (χ0n) is 10.8. The van der Waals surface area contributed by atoms with Crippen LogP contribution in [0.15, 0.2) is 18.2 Å². The average molecular weight is 235 g/mol. The number of hydrogen-bond donors (Lipinski definition) is 1. The predicted molar refractivity (Wildman–Crippen MR) is 69.6 cm³/mol. The molecule has 94 valence electrons. The Balaban J connectivity index is 2.00. The summed E-state index contributed by atoms with van der Waals surface area (Å²) in [7, 11) is 0. The molecule has 1 saturated heterocycles. The molecule has 1 heterocycles. The predicted octanol–water partition coefficient (Wildman–Crippen LogP) is 3.45. The van der Waals surface area contributed by atoms with Crippen molar-refractivity contribution in [2.75, 3.05) is 6.54 Å². The number of piperidine rings is 1. The molecule has 1 aromatic rings. The van der Waals surface area contributed by atoms with Crippen molar-refractivity contribution in [3.8, 4) is 0 Å². The zero-order valence-corrected chi connectivity index (χ0v) is 10.8. The molecule has 0 aliphatic carbocycles. The summed E-state index contributed by atoms with van der Waals surface area (Å²) < 4.78 is 13.0. The molecule has 1 nitrogen and oxygen atoms in total. The van der Waals surface area contributed by atoms with Crippen LogP contribution in [-0.4, -0.2) is 12.6 Å². The SMILES string of the molecule is CCC1CCNC(Cc2ccc(F)cc2C)C1. The maximum Gasteiger partial charge on any atom is 0.123 e. The minimum Gasteiger partial charge on any atom is -0.314 e. The first-order valence-electron chi connectivity index (χ1n) is 6.67. The van der Waals surface area contributed by atoms with Crippen LogP contribution in [0.4, 0.5) is 4.39 Å². The van der Waals surface area contributed by atoms with E-state index in [2.05, 4.69) is 12.2 Å². The van der Waals surface area contributed by atoms with E-state index in [0.717, 1.165) is 24.4 Å². The van der Waals surface area contributed by atoms with E-state index in [1.807, 2.05) is 13.0 Å². The number of nitrogens with one attached hydrogen (secondary N) is 1. The Morgan fingerprint density at radius 2 is 2.24 bits per heavy atom. The summed E-state index contributed by atoms with van der Waals surface area (Å²) in [5, 5.41) is 3.58. The topological polar surface area (TPSA) is 12.0 Å². The number of halogens is 1. The van der Waals surface area contributed by atoms with Crippen LogP contribution < -0.4 is 5.32 Å². The lowest BCUT2D eigenvalue weighted by molar-refractivity contribution is 0.294. The molecule has 0 amide bonds. The Morgan fingerprint density at radius 1 is 1.41 bits per heavy atom. The van der Waals surface area contributed by atoms with Gasteiger partial charge in [0.05, 0.1) is 0 Å². The monoisotopic (exact) mass is 235 g/mol. The molecule has 2 heteroatoms. The van der Waals surface area contributed by atoms with Gasteiger partial charge in [-0.05, 0) is 61.9 Å². The molecule has 0 spiro atoms. The molecule has 1 aliphatic rings. The summed E-state index contributed by atoms with van der Waals surface area (Å²) in [5.74, 6) is 0.733. The van der Waals surface area contributed by atoms with E-state index in [0.29, 0.717) is 6.04 Å². The first-order valence-corrected chi connectivity index (χ1v) is 6.67. The fourth-order valence-electron chi connectivity index (χ4n) is 2.78. The van der Waals surface area contributed by atoms with Crippen molar-refractivity contribution >= 4 is 0 Å². The fraction of sp³-hybridized carbons (Fsp3) is 0.600. The van der Waals surface area contributed by atoms with Crippen LogP contribution in [-0.2, 0) is 6.42 Å². The number of hydrogen-bond acceptors (Lipinski definition) is 1. The summed E-state index contributed by atoms with van der Waals surface area (Å²) in [6, 6.07) is 5.71. The summed E-state index contributed by atoms with van der Waals surface area (Å²) in [6.45, 7) is 5.40. The van der Waals surface area contributed by atoms with Gasteiger partial charge in [-0.25, -0.2) is 4.39 Å². The number of rotatable bonds is 3. The van der Waals surface area contributed by atoms with Gasteiger partial charge in [0.15, 0.2) is 0 Å². The third kappa shape index (κ3) is 3.29. The van der Waals surface area contributed by atoms with Crippen molar-refractivity contribution < 1.29 is 4.39 Å². The molecule has 0 saturated carbocycles. The van der Waals surface area contributed by atoms with Crippen LogP contribution in [0.2, 0.25) is 0 Å². The molecule has 2 unspecified atom stereocenters. The minimum absolute atomic E-state index is 0.130. The average Bonchev–Trinajstić information content (AvgIpc) is 2.33. The third-order valence-electron chi connectivity index (χ3n) is 3.95. The van der Waals surface area contributed by atoms with E-state index < -0.39 is 0 Å². The van der Waals surface area contributed by atoms with Gasteiger partial charge >= 0.3 is 0 Å². The lowest BCUT2D eigenvalue weighted by atomic mass is 9.87. The smallest absolute Gasteiger partial charge is 0.123 e. The molecule has 1 fully saturated rings. The molecule has 2 atom stereocenters. The van der Waals surface area contributed by atoms with Crippen molar-refractivity contribution in [2.45, 2.75) is 45.6 Å². The quantitative estimate of drug-likeness (QED) is 0.846. The number of aryl methyl sites for hydroxylation is 1. The molecule has 1 aromatic carbocycles. The van der Waals surface area contributed by atoms with Gasteiger partial charge in [-0.15, -0.1) is 0 Å². The molecule has 0 bridgehead atoms. The highest BCUT2D eigenvalue weighted by Crippen LogP contribution is 2.22. The van der Waals surface area contributed by atoms with Crippen LogP contribution in [0, 0.1) is 18.7 Å². The van der Waals surface area contributed by atoms with E-state index in [1.54, 1.807) is 12.1 Å². The van der Waals surface area contributed by atoms with E-state index in [-0.39, 0.29) is 5.82 Å². The van der Waals surface area contributed by atoms with Crippen LogP contribution >= 0.6 is 0 Å². The van der Waals surface area contributed by atoms with E-state index >= 15 is 0 Å². The third-order valence-corrected chi connectivity index (χ3v) is 3.95. The summed E-state index contributed by atoms with van der Waals surface area (Å²) in [5.41, 5.74) is 2.35. The van der Waals surface area contributed by atoms with E-state index in [4.69, 9.17) is 0 Å². The van der Waals surface area contributed by atoms with E-state index in [9.17, 15) is 4.39 Å². The summed E-state index contributed by atoms with van der Waals surface area (Å²) in [4.78, 5) is 0. The Morgan fingerprint density at radius 3 is 2.94 bits per heavy atom. The Hall–Kier alpha value is -0.890. The maximum atomic E-state index is 13.0. The van der Waals surface area contributed by atoms with Gasteiger partial charge < -0.3 is 5.32 Å². The number of benzene rings is 1. The highest BCUT2D eigenvalue weighted by atomic mass is 19.1. The highest BCUT2D eigenvalue weighted by molar-refractivity contribution is 5.27. The minimum atomic E-state index is -0.130. The highest BCUT2D eigenvalue weighted by Gasteiger charge is 2.20. The van der Waals surface area contributed by atoms with Gasteiger partial charge in [0.25, 0.3) is 0 Å². The van der Waals surface area contributed by atoms with Crippen LogP contribution in [0.1, 0.15) is 37.3 Å². The molecule has 1 aliphatic heterocycles. The molecule has 17 heavy (non-hydrogen) atoms. The first-order chi connectivity index (χ1) is 8.19. The maximum absolute atomic E-state index is 13.0. The van der Waals surface area contributed by atoms with Gasteiger partial charge in [0.1, 0.15) is 5.82 Å². The Bertz CT molecular complexity index is 375. The largest absolute Gasteiger partial charge is 0.314 e. The molecule has 1 N–H and O–H groups in total. The standard InChI is InChI=1S/C15H22FN/c1-3-12-6-7-17-15(9-12)10-13-4-5-14(16)8-11(13)2/h4-5,8,12,15,17H,3,6-7,9-10H2,1-2H3. The molecule has 0 aromatic heterocycles. The zero-order chi connectivity index (χ0) is 12.3. The Labute approximate surface area is 103 Å². The van der Waals surface area contributed by atoms with Gasteiger partial charge in [-0.1, -0.05) is 19.4 Å². The van der Waals surface area contributed by atoms with Crippen molar-refractivity contribution in [1.29, 1.82) is 0 Å². The van der Waals surface area contributed by atoms with E-state index in [1.165, 1.54) is 24.8 Å². The summed E-state index contributed by atoms with van der Waals surface area (Å²) in [6.07, 6.45) is 4.87. The fourth-order valence-corrected chi connectivity index (χ4v) is 2.78. The second-order valence-corrected chi connectivity index (χ2v) is 5.22. The molecular weight excluding hydrogens is 213 g/mol. The van der Waals surface area contributed by atoms with Crippen molar-refractivity contribution in [2.24, 2.45) is 5.92 Å². The van der Waals surface area contributed by atoms with Gasteiger partial charge in [0.2, 0.25) is 0 Å². The van der Waals surface area contributed by atoms with Crippen LogP contribution in [0.5, 0.6) is 0 Å². The van der Waals surface area contributed by atoms with Crippen molar-refractivity contribution in [3.63, 3.8) is 0 Å².